The van der Waals surface area contributed by atoms with Gasteiger partial charge < -0.3 is 15.8 Å². The molecule has 21 heavy (non-hydrogen) atoms. The topological polar surface area (TPSA) is 95.1 Å². The maximum atomic E-state index is 12.0. The molecule has 7 heteroatoms. The van der Waals surface area contributed by atoms with E-state index in [1.54, 1.807) is 50.1 Å². The van der Waals surface area contributed by atoms with E-state index >= 15 is 0 Å². The van der Waals surface area contributed by atoms with E-state index in [0.717, 1.165) is 0 Å². The van der Waals surface area contributed by atoms with Gasteiger partial charge in [0.1, 0.15) is 11.4 Å². The summed E-state index contributed by atoms with van der Waals surface area (Å²) >= 11 is 0. The lowest BCUT2D eigenvalue weighted by Crippen LogP contribution is -2.27. The highest BCUT2D eigenvalue weighted by molar-refractivity contribution is 5.94. The Hall–Kier alpha value is -2.41. The fourth-order valence-corrected chi connectivity index (χ4v) is 1.77. The Morgan fingerprint density at radius 2 is 2.33 bits per heavy atom. The van der Waals surface area contributed by atoms with Crippen LogP contribution in [-0.4, -0.2) is 27.2 Å². The summed E-state index contributed by atoms with van der Waals surface area (Å²) in [6.45, 7) is 3.85. The molecule has 2 aromatic rings. The molecule has 3 N–H and O–H groups in total. The summed E-state index contributed by atoms with van der Waals surface area (Å²) in [6, 6.07) is 3.55. The van der Waals surface area contributed by atoms with Crippen LogP contribution in [0.25, 0.3) is 0 Å². The van der Waals surface area contributed by atoms with Gasteiger partial charge in [-0.05, 0) is 19.1 Å². The summed E-state index contributed by atoms with van der Waals surface area (Å²) in [6.07, 6.45) is 3.25. The predicted octanol–water partition coefficient (Wildman–Crippen LogP) is 1.45. The first-order valence-electron chi connectivity index (χ1n) is 6.65. The van der Waals surface area contributed by atoms with Crippen LogP contribution in [0.2, 0.25) is 0 Å². The zero-order chi connectivity index (χ0) is 15.4. The molecule has 7 nitrogen and oxygen atoms in total. The monoisotopic (exact) mass is 289 g/mol. The second-order valence-electron chi connectivity index (χ2n) is 4.81. The first kappa shape index (κ1) is 15.0. The summed E-state index contributed by atoms with van der Waals surface area (Å²) in [5.41, 5.74) is 6.73. The number of rotatable bonds is 5. The number of aryl methyl sites for hydroxylation is 2. The van der Waals surface area contributed by atoms with Crippen molar-refractivity contribution in [3.05, 3.63) is 30.2 Å². The first-order valence-corrected chi connectivity index (χ1v) is 6.65. The largest absolute Gasteiger partial charge is 0.436 e. The maximum absolute atomic E-state index is 12.0. The van der Waals surface area contributed by atoms with Crippen molar-refractivity contribution in [1.82, 2.24) is 14.8 Å². The average molecular weight is 289 g/mol. The fraction of sp³-hybridized carbons (Fsp3) is 0.357. The number of ether oxygens (including phenoxy) is 1. The summed E-state index contributed by atoms with van der Waals surface area (Å²) < 4.78 is 7.34. The van der Waals surface area contributed by atoms with Gasteiger partial charge in [0.05, 0.1) is 11.9 Å². The molecule has 112 valence electrons. The number of nitrogens with two attached hydrogens (primary N) is 1. The molecule has 0 aromatic carbocycles. The molecule has 0 fully saturated rings. The fourth-order valence-electron chi connectivity index (χ4n) is 1.77. The molecule has 1 unspecified atom stereocenters. The van der Waals surface area contributed by atoms with Crippen molar-refractivity contribution < 1.29 is 9.53 Å². The zero-order valence-electron chi connectivity index (χ0n) is 12.3. The summed E-state index contributed by atoms with van der Waals surface area (Å²) in [5, 5.41) is 7.09. The predicted molar refractivity (Wildman–Crippen MR) is 79.1 cm³/mol. The third-order valence-corrected chi connectivity index (χ3v) is 3.07. The molecule has 2 aromatic heterocycles. The van der Waals surface area contributed by atoms with Gasteiger partial charge in [0.2, 0.25) is 11.8 Å². The van der Waals surface area contributed by atoms with Crippen LogP contribution in [0.5, 0.6) is 11.6 Å². The second-order valence-corrected chi connectivity index (χ2v) is 4.81. The number of nitrogens with zero attached hydrogens (tertiary/aromatic N) is 3. The Bertz CT molecular complexity index is 624. The molecule has 1 amide bonds. The number of aromatic nitrogens is 3. The minimum Gasteiger partial charge on any atom is -0.436 e. The van der Waals surface area contributed by atoms with Gasteiger partial charge in [-0.1, -0.05) is 6.92 Å². The van der Waals surface area contributed by atoms with Crippen molar-refractivity contribution in [2.45, 2.75) is 13.8 Å². The maximum Gasteiger partial charge on any atom is 0.241 e. The highest BCUT2D eigenvalue weighted by Gasteiger charge is 2.20. The number of hydrogen-bond acceptors (Lipinski definition) is 5. The van der Waals surface area contributed by atoms with Crippen LogP contribution in [0.1, 0.15) is 12.6 Å². The van der Waals surface area contributed by atoms with Gasteiger partial charge in [-0.2, -0.15) is 5.10 Å². The van der Waals surface area contributed by atoms with Gasteiger partial charge in [0, 0.05) is 25.7 Å². The van der Waals surface area contributed by atoms with Crippen LogP contribution in [0, 0.1) is 12.8 Å². The number of carbonyl (C=O) groups is 1. The van der Waals surface area contributed by atoms with Crippen molar-refractivity contribution in [3.8, 4) is 11.6 Å². The molecule has 0 aliphatic heterocycles. The van der Waals surface area contributed by atoms with E-state index in [9.17, 15) is 4.79 Å². The molecule has 0 bridgehead atoms. The quantitative estimate of drug-likeness (QED) is 0.868. The van der Waals surface area contributed by atoms with Crippen LogP contribution >= 0.6 is 0 Å². The summed E-state index contributed by atoms with van der Waals surface area (Å²) in [5.74, 6) is 0.585. The molecular weight excluding hydrogens is 270 g/mol. The summed E-state index contributed by atoms with van der Waals surface area (Å²) in [4.78, 5) is 16.0. The zero-order valence-corrected chi connectivity index (χ0v) is 12.3. The van der Waals surface area contributed by atoms with E-state index in [4.69, 9.17) is 10.5 Å². The lowest BCUT2D eigenvalue weighted by molar-refractivity contribution is -0.119. The Morgan fingerprint density at radius 1 is 1.57 bits per heavy atom. The second kappa shape index (κ2) is 6.36. The molecule has 2 rings (SSSR count). The standard InChI is InChI=1S/C14H19N5O2/c1-9(7-15)13(20)17-12-10(2)18-19(3)14(12)21-11-5-4-6-16-8-11/h4-6,8-9H,7,15H2,1-3H3,(H,17,20). The minimum atomic E-state index is -0.282. The molecule has 0 spiro atoms. The molecule has 2 heterocycles. The lowest BCUT2D eigenvalue weighted by Gasteiger charge is -2.12. The van der Waals surface area contributed by atoms with Crippen LogP contribution < -0.4 is 15.8 Å². The number of hydrogen-bond donors (Lipinski definition) is 2. The molecular formula is C14H19N5O2. The van der Waals surface area contributed by atoms with E-state index in [-0.39, 0.29) is 18.4 Å². The van der Waals surface area contributed by atoms with Gasteiger partial charge in [-0.3, -0.25) is 9.78 Å². The van der Waals surface area contributed by atoms with E-state index < -0.39 is 0 Å². The number of carbonyl (C=O) groups excluding carboxylic acids is 1. The van der Waals surface area contributed by atoms with Crippen molar-refractivity contribution in [2.24, 2.45) is 18.7 Å². The highest BCUT2D eigenvalue weighted by atomic mass is 16.5. The van der Waals surface area contributed by atoms with Crippen molar-refractivity contribution in [3.63, 3.8) is 0 Å². The van der Waals surface area contributed by atoms with Crippen LogP contribution in [0.15, 0.2) is 24.5 Å². The lowest BCUT2D eigenvalue weighted by atomic mass is 10.1. The molecule has 0 aliphatic carbocycles. The van der Waals surface area contributed by atoms with Crippen molar-refractivity contribution in [2.75, 3.05) is 11.9 Å². The van der Waals surface area contributed by atoms with E-state index in [0.29, 0.717) is 23.0 Å². The Kier molecular flexibility index (Phi) is 4.54. The van der Waals surface area contributed by atoms with Gasteiger partial charge >= 0.3 is 0 Å². The van der Waals surface area contributed by atoms with Gasteiger partial charge in [-0.15, -0.1) is 0 Å². The van der Waals surface area contributed by atoms with Crippen molar-refractivity contribution >= 4 is 11.6 Å². The molecule has 1 atom stereocenters. The number of pyridine rings is 1. The summed E-state index contributed by atoms with van der Waals surface area (Å²) in [7, 11) is 1.75. The number of amides is 1. The van der Waals surface area contributed by atoms with Gasteiger partial charge in [-0.25, -0.2) is 4.68 Å². The van der Waals surface area contributed by atoms with Crippen molar-refractivity contribution in [1.29, 1.82) is 0 Å². The normalized spacial score (nSPS) is 12.0. The van der Waals surface area contributed by atoms with Gasteiger partial charge in [0.25, 0.3) is 0 Å². The minimum absolute atomic E-state index is 0.162. The highest BCUT2D eigenvalue weighted by Crippen LogP contribution is 2.31. The van der Waals surface area contributed by atoms with Crippen LogP contribution in [-0.2, 0) is 11.8 Å². The Balaban J connectivity index is 2.27. The average Bonchev–Trinajstić information content (AvgIpc) is 2.74. The van der Waals surface area contributed by atoms with Crippen LogP contribution in [0.4, 0.5) is 5.69 Å². The molecule has 0 aliphatic rings. The van der Waals surface area contributed by atoms with E-state index in [1.807, 2.05) is 0 Å². The van der Waals surface area contributed by atoms with Gasteiger partial charge in [0.15, 0.2) is 0 Å². The number of nitrogens with one attached hydrogen (secondary N) is 1. The third kappa shape index (κ3) is 3.38. The first-order chi connectivity index (χ1) is 10.0. The van der Waals surface area contributed by atoms with E-state index in [1.165, 1.54) is 0 Å². The third-order valence-electron chi connectivity index (χ3n) is 3.07. The Morgan fingerprint density at radius 3 is 2.95 bits per heavy atom. The SMILES string of the molecule is Cc1nn(C)c(Oc2cccnc2)c1NC(=O)C(C)CN. The Labute approximate surface area is 123 Å². The van der Waals surface area contributed by atoms with E-state index in [2.05, 4.69) is 15.4 Å². The van der Waals surface area contributed by atoms with Crippen LogP contribution in [0.3, 0.4) is 0 Å². The smallest absolute Gasteiger partial charge is 0.241 e. The molecule has 0 radical (unpaired) electrons. The number of anilines is 1. The molecule has 0 saturated heterocycles. The molecule has 0 saturated carbocycles.